The molecular formula is C14H25ClN4. The molecular weight excluding hydrogens is 260 g/mol. The van der Waals surface area contributed by atoms with Crippen LogP contribution in [0.15, 0.2) is 0 Å². The Labute approximate surface area is 120 Å². The monoisotopic (exact) mass is 284 g/mol. The number of hydrogen-bond acceptors (Lipinski definition) is 3. The van der Waals surface area contributed by atoms with E-state index in [1.807, 2.05) is 0 Å². The van der Waals surface area contributed by atoms with E-state index in [1.54, 1.807) is 7.05 Å². The van der Waals surface area contributed by atoms with Crippen LogP contribution in [0.25, 0.3) is 0 Å². The van der Waals surface area contributed by atoms with Crippen LogP contribution in [0.4, 0.5) is 0 Å². The summed E-state index contributed by atoms with van der Waals surface area (Å²) in [5, 5.41) is 12.3. The van der Waals surface area contributed by atoms with Crippen molar-refractivity contribution in [3.05, 3.63) is 5.82 Å². The van der Waals surface area contributed by atoms with Crippen LogP contribution in [0, 0.1) is 16.7 Å². The molecule has 4 nitrogen and oxygen atoms in total. The molecule has 1 fully saturated rings. The second kappa shape index (κ2) is 5.39. The lowest BCUT2D eigenvalue weighted by Crippen LogP contribution is -2.35. The second-order valence-corrected chi connectivity index (χ2v) is 7.41. The molecule has 5 heteroatoms. The summed E-state index contributed by atoms with van der Waals surface area (Å²) in [7, 11) is 1.81. The lowest BCUT2D eigenvalue weighted by atomic mass is 9.63. The van der Waals surface area contributed by atoms with Gasteiger partial charge in [0.2, 0.25) is 0 Å². The molecule has 1 aliphatic carbocycles. The fourth-order valence-corrected chi connectivity index (χ4v) is 3.55. The molecule has 0 aliphatic heterocycles. The predicted octanol–water partition coefficient (Wildman–Crippen LogP) is 3.21. The van der Waals surface area contributed by atoms with Gasteiger partial charge in [0.05, 0.1) is 7.05 Å². The van der Waals surface area contributed by atoms with E-state index in [-0.39, 0.29) is 5.41 Å². The van der Waals surface area contributed by atoms with Gasteiger partial charge in [-0.15, -0.1) is 21.8 Å². The van der Waals surface area contributed by atoms with Gasteiger partial charge in [-0.1, -0.05) is 20.8 Å². The Hall–Kier alpha value is -0.640. The number of aryl methyl sites for hydroxylation is 1. The number of nitrogens with zero attached hydrogens (tertiary/aromatic N) is 4. The molecule has 1 aromatic heterocycles. The first-order valence-electron chi connectivity index (χ1n) is 7.13. The van der Waals surface area contributed by atoms with Gasteiger partial charge in [0.1, 0.15) is 0 Å². The Morgan fingerprint density at radius 1 is 1.32 bits per heavy atom. The van der Waals surface area contributed by atoms with E-state index in [9.17, 15) is 0 Å². The van der Waals surface area contributed by atoms with Gasteiger partial charge in [0.15, 0.2) is 5.82 Å². The zero-order chi connectivity index (χ0) is 14.1. The van der Waals surface area contributed by atoms with Crippen LogP contribution in [-0.2, 0) is 13.5 Å². The van der Waals surface area contributed by atoms with E-state index in [4.69, 9.17) is 11.6 Å². The SMILES string of the molecule is Cn1nnc(CC2(CCl)CCC(C(C)(C)C)CC2)n1. The van der Waals surface area contributed by atoms with Crippen molar-refractivity contribution in [3.8, 4) is 0 Å². The number of rotatable bonds is 3. The van der Waals surface area contributed by atoms with Crippen molar-refractivity contribution in [1.82, 2.24) is 20.2 Å². The van der Waals surface area contributed by atoms with Crippen molar-refractivity contribution >= 4 is 11.6 Å². The molecule has 19 heavy (non-hydrogen) atoms. The van der Waals surface area contributed by atoms with Crippen LogP contribution >= 0.6 is 11.6 Å². The number of tetrazole rings is 1. The number of aromatic nitrogens is 4. The molecule has 0 spiro atoms. The number of alkyl halides is 1. The van der Waals surface area contributed by atoms with Gasteiger partial charge in [0.25, 0.3) is 0 Å². The van der Waals surface area contributed by atoms with Crippen LogP contribution in [-0.4, -0.2) is 26.1 Å². The van der Waals surface area contributed by atoms with Crippen molar-refractivity contribution in [2.75, 3.05) is 5.88 Å². The zero-order valence-electron chi connectivity index (χ0n) is 12.5. The molecule has 2 rings (SSSR count). The average Bonchev–Trinajstić information content (AvgIpc) is 2.74. The van der Waals surface area contributed by atoms with Crippen molar-refractivity contribution in [2.24, 2.45) is 23.8 Å². The van der Waals surface area contributed by atoms with E-state index < -0.39 is 0 Å². The Morgan fingerprint density at radius 3 is 2.37 bits per heavy atom. The second-order valence-electron chi connectivity index (χ2n) is 7.15. The molecule has 0 unspecified atom stereocenters. The van der Waals surface area contributed by atoms with Gasteiger partial charge in [0, 0.05) is 12.3 Å². The van der Waals surface area contributed by atoms with E-state index in [1.165, 1.54) is 30.5 Å². The minimum absolute atomic E-state index is 0.173. The van der Waals surface area contributed by atoms with Crippen molar-refractivity contribution < 1.29 is 0 Å². The standard InChI is InChI=1S/C14H25ClN4/c1-13(2,3)11-5-7-14(10-15,8-6-11)9-12-16-18-19(4)17-12/h11H,5-10H2,1-4H3. The van der Waals surface area contributed by atoms with Crippen molar-refractivity contribution in [2.45, 2.75) is 52.9 Å². The molecule has 108 valence electrons. The lowest BCUT2D eigenvalue weighted by molar-refractivity contribution is 0.100. The highest BCUT2D eigenvalue weighted by molar-refractivity contribution is 6.18. The first-order valence-corrected chi connectivity index (χ1v) is 7.67. The summed E-state index contributed by atoms with van der Waals surface area (Å²) in [5.74, 6) is 2.33. The molecule has 0 atom stereocenters. The summed E-state index contributed by atoms with van der Waals surface area (Å²) in [6, 6.07) is 0. The smallest absolute Gasteiger partial charge is 0.167 e. The molecule has 0 saturated heterocycles. The molecule has 0 amide bonds. The predicted molar refractivity (Wildman–Crippen MR) is 77.1 cm³/mol. The Bertz CT molecular complexity index is 413. The van der Waals surface area contributed by atoms with Crippen LogP contribution < -0.4 is 0 Å². The van der Waals surface area contributed by atoms with Crippen LogP contribution in [0.2, 0.25) is 0 Å². The average molecular weight is 285 g/mol. The molecule has 1 aromatic rings. The molecule has 0 N–H and O–H groups in total. The maximum atomic E-state index is 6.27. The van der Waals surface area contributed by atoms with Crippen LogP contribution in [0.5, 0.6) is 0 Å². The normalized spacial score (nSPS) is 28.6. The number of hydrogen-bond donors (Lipinski definition) is 0. The fraction of sp³-hybridized carbons (Fsp3) is 0.929. The first kappa shape index (κ1) is 14.8. The minimum Gasteiger partial charge on any atom is -0.167 e. The third kappa shape index (κ3) is 3.47. The summed E-state index contributed by atoms with van der Waals surface area (Å²) < 4.78 is 0. The molecule has 1 saturated carbocycles. The minimum atomic E-state index is 0.173. The zero-order valence-corrected chi connectivity index (χ0v) is 13.2. The Balaban J connectivity index is 2.02. The third-order valence-corrected chi connectivity index (χ3v) is 5.20. The van der Waals surface area contributed by atoms with E-state index in [2.05, 4.69) is 36.2 Å². The summed E-state index contributed by atoms with van der Waals surface area (Å²) in [6.45, 7) is 7.03. The topological polar surface area (TPSA) is 43.6 Å². The summed E-state index contributed by atoms with van der Waals surface area (Å²) in [5.41, 5.74) is 0.579. The van der Waals surface area contributed by atoms with Gasteiger partial charge >= 0.3 is 0 Å². The third-order valence-electron chi connectivity index (χ3n) is 4.64. The highest BCUT2D eigenvalue weighted by Gasteiger charge is 2.39. The van der Waals surface area contributed by atoms with Crippen molar-refractivity contribution in [3.63, 3.8) is 0 Å². The Morgan fingerprint density at radius 2 is 1.95 bits per heavy atom. The quantitative estimate of drug-likeness (QED) is 0.801. The highest BCUT2D eigenvalue weighted by Crippen LogP contribution is 2.47. The maximum absolute atomic E-state index is 6.27. The van der Waals surface area contributed by atoms with Gasteiger partial charge in [-0.3, -0.25) is 0 Å². The fourth-order valence-electron chi connectivity index (χ4n) is 3.18. The Kier molecular flexibility index (Phi) is 4.19. The molecule has 1 aliphatic rings. The summed E-state index contributed by atoms with van der Waals surface area (Å²) >= 11 is 6.27. The summed E-state index contributed by atoms with van der Waals surface area (Å²) in [6.07, 6.45) is 5.74. The molecule has 0 bridgehead atoms. The molecule has 0 aromatic carbocycles. The lowest BCUT2D eigenvalue weighted by Gasteiger charge is -2.43. The van der Waals surface area contributed by atoms with Gasteiger partial charge in [-0.05, 0) is 47.6 Å². The number of halogens is 1. The van der Waals surface area contributed by atoms with Crippen LogP contribution in [0.3, 0.4) is 0 Å². The summed E-state index contributed by atoms with van der Waals surface area (Å²) in [4.78, 5) is 1.53. The maximum Gasteiger partial charge on any atom is 0.175 e. The first-order chi connectivity index (χ1) is 8.85. The van der Waals surface area contributed by atoms with E-state index in [0.717, 1.165) is 18.2 Å². The molecule has 1 heterocycles. The van der Waals surface area contributed by atoms with Gasteiger partial charge in [-0.2, -0.15) is 4.80 Å². The van der Waals surface area contributed by atoms with Gasteiger partial charge < -0.3 is 0 Å². The largest absolute Gasteiger partial charge is 0.175 e. The van der Waals surface area contributed by atoms with Gasteiger partial charge in [-0.25, -0.2) is 0 Å². The highest BCUT2D eigenvalue weighted by atomic mass is 35.5. The van der Waals surface area contributed by atoms with Crippen molar-refractivity contribution in [1.29, 1.82) is 0 Å². The van der Waals surface area contributed by atoms with Crippen LogP contribution in [0.1, 0.15) is 52.3 Å². The van der Waals surface area contributed by atoms with E-state index >= 15 is 0 Å². The molecule has 0 radical (unpaired) electrons. The van der Waals surface area contributed by atoms with E-state index in [0.29, 0.717) is 11.3 Å².